The van der Waals surface area contributed by atoms with E-state index in [4.69, 9.17) is 15.2 Å². The number of nitro groups is 1. The van der Waals surface area contributed by atoms with Crippen LogP contribution in [0.15, 0.2) is 24.5 Å². The molecule has 0 aliphatic rings. The van der Waals surface area contributed by atoms with Crippen molar-refractivity contribution >= 4 is 11.5 Å². The summed E-state index contributed by atoms with van der Waals surface area (Å²) in [5.41, 5.74) is 5.69. The van der Waals surface area contributed by atoms with Crippen LogP contribution in [0.25, 0.3) is 11.3 Å². The summed E-state index contributed by atoms with van der Waals surface area (Å²) in [6.45, 7) is 0. The van der Waals surface area contributed by atoms with Gasteiger partial charge in [-0.25, -0.2) is 9.97 Å². The average Bonchev–Trinajstić information content (AvgIpc) is 2.45. The standard InChI is InChI=1S/C12H12N4O4/c1-19-7-3-4-9(20-2)8(5-7)10-11(16(17)18)12(13)15-6-14-10/h3-6H,1-2H3,(H2,13,14,15). The van der Waals surface area contributed by atoms with E-state index < -0.39 is 4.92 Å². The predicted molar refractivity (Wildman–Crippen MR) is 71.6 cm³/mol. The van der Waals surface area contributed by atoms with Gasteiger partial charge in [0.25, 0.3) is 0 Å². The molecule has 0 unspecified atom stereocenters. The third kappa shape index (κ3) is 2.30. The van der Waals surface area contributed by atoms with E-state index in [1.165, 1.54) is 14.2 Å². The van der Waals surface area contributed by atoms with E-state index in [0.29, 0.717) is 17.1 Å². The van der Waals surface area contributed by atoms with E-state index >= 15 is 0 Å². The van der Waals surface area contributed by atoms with Gasteiger partial charge in [-0.15, -0.1) is 0 Å². The third-order valence-corrected chi connectivity index (χ3v) is 2.69. The molecule has 2 N–H and O–H groups in total. The molecule has 0 bridgehead atoms. The summed E-state index contributed by atoms with van der Waals surface area (Å²) in [5, 5.41) is 11.1. The summed E-state index contributed by atoms with van der Waals surface area (Å²) in [6.07, 6.45) is 1.16. The highest BCUT2D eigenvalue weighted by atomic mass is 16.6. The van der Waals surface area contributed by atoms with Gasteiger partial charge >= 0.3 is 5.69 Å². The molecule has 2 rings (SSSR count). The molecule has 0 saturated heterocycles. The number of benzene rings is 1. The predicted octanol–water partition coefficient (Wildman–Crippen LogP) is 1.65. The van der Waals surface area contributed by atoms with Crippen LogP contribution in [0.3, 0.4) is 0 Å². The van der Waals surface area contributed by atoms with Crippen LogP contribution in [0, 0.1) is 10.1 Å². The average molecular weight is 276 g/mol. The number of hydrogen-bond acceptors (Lipinski definition) is 7. The molecule has 104 valence electrons. The fourth-order valence-corrected chi connectivity index (χ4v) is 1.77. The van der Waals surface area contributed by atoms with Crippen LogP contribution in [0.5, 0.6) is 11.5 Å². The molecule has 1 heterocycles. The summed E-state index contributed by atoms with van der Waals surface area (Å²) >= 11 is 0. The quantitative estimate of drug-likeness (QED) is 0.667. The number of hydrogen-bond donors (Lipinski definition) is 1. The summed E-state index contributed by atoms with van der Waals surface area (Å²) < 4.78 is 10.3. The Hall–Kier alpha value is -2.90. The molecule has 8 heteroatoms. The van der Waals surface area contributed by atoms with E-state index in [1.807, 2.05) is 0 Å². The van der Waals surface area contributed by atoms with Crippen molar-refractivity contribution in [2.45, 2.75) is 0 Å². The fourth-order valence-electron chi connectivity index (χ4n) is 1.77. The number of anilines is 1. The molecule has 0 fully saturated rings. The number of methoxy groups -OCH3 is 2. The first kappa shape index (κ1) is 13.5. The lowest BCUT2D eigenvalue weighted by Gasteiger charge is -2.10. The maximum absolute atomic E-state index is 11.1. The highest BCUT2D eigenvalue weighted by Gasteiger charge is 2.24. The zero-order chi connectivity index (χ0) is 14.7. The number of nitrogens with two attached hydrogens (primary N) is 1. The number of rotatable bonds is 4. The van der Waals surface area contributed by atoms with Gasteiger partial charge < -0.3 is 15.2 Å². The van der Waals surface area contributed by atoms with E-state index in [9.17, 15) is 10.1 Å². The highest BCUT2D eigenvalue weighted by Crippen LogP contribution is 2.38. The van der Waals surface area contributed by atoms with Crippen molar-refractivity contribution in [1.82, 2.24) is 9.97 Å². The zero-order valence-corrected chi connectivity index (χ0v) is 10.9. The van der Waals surface area contributed by atoms with Crippen LogP contribution in [0.2, 0.25) is 0 Å². The second kappa shape index (κ2) is 5.39. The highest BCUT2D eigenvalue weighted by molar-refractivity contribution is 5.80. The molecule has 0 aliphatic heterocycles. The van der Waals surface area contributed by atoms with Gasteiger partial charge in [0.1, 0.15) is 17.8 Å². The first-order chi connectivity index (χ1) is 9.58. The van der Waals surface area contributed by atoms with Crippen LogP contribution in [-0.2, 0) is 0 Å². The molecule has 1 aromatic carbocycles. The lowest BCUT2D eigenvalue weighted by molar-refractivity contribution is -0.383. The summed E-state index contributed by atoms with van der Waals surface area (Å²) in [7, 11) is 2.95. The topological polar surface area (TPSA) is 113 Å². The number of nitrogen functional groups attached to an aromatic ring is 1. The molecule has 0 atom stereocenters. The van der Waals surface area contributed by atoms with Gasteiger partial charge in [-0.3, -0.25) is 10.1 Å². The Morgan fingerprint density at radius 1 is 1.25 bits per heavy atom. The minimum atomic E-state index is -0.621. The van der Waals surface area contributed by atoms with Crippen molar-refractivity contribution in [3.8, 4) is 22.8 Å². The lowest BCUT2D eigenvalue weighted by atomic mass is 10.1. The second-order valence-electron chi connectivity index (χ2n) is 3.78. The molecular formula is C12H12N4O4. The van der Waals surface area contributed by atoms with E-state index in [0.717, 1.165) is 6.33 Å². The molecule has 1 aromatic heterocycles. The monoisotopic (exact) mass is 276 g/mol. The van der Waals surface area contributed by atoms with Gasteiger partial charge in [0.15, 0.2) is 5.69 Å². The molecule has 20 heavy (non-hydrogen) atoms. The van der Waals surface area contributed by atoms with Crippen LogP contribution in [0.1, 0.15) is 0 Å². The zero-order valence-electron chi connectivity index (χ0n) is 10.9. The Balaban J connectivity index is 2.73. The van der Waals surface area contributed by atoms with Crippen molar-refractivity contribution in [1.29, 1.82) is 0 Å². The fraction of sp³-hybridized carbons (Fsp3) is 0.167. The number of ether oxygens (including phenoxy) is 2. The van der Waals surface area contributed by atoms with E-state index in [2.05, 4.69) is 9.97 Å². The lowest BCUT2D eigenvalue weighted by Crippen LogP contribution is -2.03. The third-order valence-electron chi connectivity index (χ3n) is 2.69. The Morgan fingerprint density at radius 3 is 2.60 bits per heavy atom. The molecule has 0 spiro atoms. The van der Waals surface area contributed by atoms with Crippen molar-refractivity contribution in [2.75, 3.05) is 20.0 Å². The van der Waals surface area contributed by atoms with Gasteiger partial charge in [-0.2, -0.15) is 0 Å². The smallest absolute Gasteiger partial charge is 0.337 e. The first-order valence-electron chi connectivity index (χ1n) is 5.55. The van der Waals surface area contributed by atoms with Crippen molar-refractivity contribution in [3.63, 3.8) is 0 Å². The summed E-state index contributed by atoms with van der Waals surface area (Å²) in [6, 6.07) is 4.91. The van der Waals surface area contributed by atoms with Gasteiger partial charge in [0.2, 0.25) is 5.82 Å². The summed E-state index contributed by atoms with van der Waals surface area (Å²) in [5.74, 6) is 0.740. The number of nitrogens with zero attached hydrogens (tertiary/aromatic N) is 3. The van der Waals surface area contributed by atoms with Crippen molar-refractivity contribution < 1.29 is 14.4 Å². The summed E-state index contributed by atoms with van der Waals surface area (Å²) in [4.78, 5) is 18.1. The van der Waals surface area contributed by atoms with Gasteiger partial charge in [-0.1, -0.05) is 0 Å². The van der Waals surface area contributed by atoms with Crippen LogP contribution in [-0.4, -0.2) is 29.1 Å². The molecule has 0 radical (unpaired) electrons. The molecule has 2 aromatic rings. The first-order valence-corrected chi connectivity index (χ1v) is 5.55. The van der Waals surface area contributed by atoms with Crippen LogP contribution >= 0.6 is 0 Å². The normalized spacial score (nSPS) is 10.1. The largest absolute Gasteiger partial charge is 0.497 e. The Kier molecular flexibility index (Phi) is 3.65. The van der Waals surface area contributed by atoms with Crippen LogP contribution < -0.4 is 15.2 Å². The molecule has 0 aliphatic carbocycles. The molecule has 8 nitrogen and oxygen atoms in total. The Bertz CT molecular complexity index is 660. The van der Waals surface area contributed by atoms with Gasteiger partial charge in [0.05, 0.1) is 24.7 Å². The van der Waals surface area contributed by atoms with E-state index in [-0.39, 0.29) is 17.2 Å². The molecule has 0 amide bonds. The molecular weight excluding hydrogens is 264 g/mol. The Morgan fingerprint density at radius 2 is 2.00 bits per heavy atom. The van der Waals surface area contributed by atoms with Crippen LogP contribution in [0.4, 0.5) is 11.5 Å². The molecule has 0 saturated carbocycles. The van der Waals surface area contributed by atoms with E-state index in [1.54, 1.807) is 18.2 Å². The Labute approximate surface area is 114 Å². The van der Waals surface area contributed by atoms with Crippen molar-refractivity contribution in [2.24, 2.45) is 0 Å². The van der Waals surface area contributed by atoms with Gasteiger partial charge in [-0.05, 0) is 18.2 Å². The number of aromatic nitrogens is 2. The maximum atomic E-state index is 11.1. The second-order valence-corrected chi connectivity index (χ2v) is 3.78. The van der Waals surface area contributed by atoms with Crippen molar-refractivity contribution in [3.05, 3.63) is 34.6 Å². The SMILES string of the molecule is COc1ccc(OC)c(-c2ncnc(N)c2[N+](=O)[O-])c1. The maximum Gasteiger partial charge on any atom is 0.337 e. The minimum absolute atomic E-state index is 0.0817. The minimum Gasteiger partial charge on any atom is -0.497 e. The van der Waals surface area contributed by atoms with Gasteiger partial charge in [0, 0.05) is 0 Å².